The van der Waals surface area contributed by atoms with Crippen LogP contribution in [0.4, 0.5) is 0 Å². The molecule has 1 aliphatic heterocycles. The van der Waals surface area contributed by atoms with Gasteiger partial charge >= 0.3 is 5.97 Å². The number of aromatic nitrogens is 3. The quantitative estimate of drug-likeness (QED) is 0.615. The first-order chi connectivity index (χ1) is 13.9. The van der Waals surface area contributed by atoms with E-state index in [-0.39, 0.29) is 5.56 Å². The van der Waals surface area contributed by atoms with Crippen molar-refractivity contribution in [3.8, 4) is 0 Å². The van der Waals surface area contributed by atoms with Gasteiger partial charge in [0.05, 0.1) is 34.6 Å². The van der Waals surface area contributed by atoms with E-state index in [9.17, 15) is 9.59 Å². The lowest BCUT2D eigenvalue weighted by Crippen LogP contribution is -2.39. The molecule has 7 nitrogen and oxygen atoms in total. The molecular weight excluding hydrogens is 388 g/mol. The predicted molar refractivity (Wildman–Crippen MR) is 110 cm³/mol. The van der Waals surface area contributed by atoms with Crippen molar-refractivity contribution in [3.05, 3.63) is 84.3 Å². The number of thiazole rings is 1. The zero-order valence-corrected chi connectivity index (χ0v) is 17.4. The largest absolute Gasteiger partial charge is 0.466 e. The highest BCUT2D eigenvalue weighted by Crippen LogP contribution is 2.30. The van der Waals surface area contributed by atoms with Gasteiger partial charge < -0.3 is 4.74 Å². The number of hydrogen-bond donors (Lipinski definition) is 0. The fourth-order valence-electron chi connectivity index (χ4n) is 3.54. The number of aryl methyl sites for hydroxylation is 2. The van der Waals surface area contributed by atoms with Gasteiger partial charge in [-0.1, -0.05) is 41.7 Å². The lowest BCUT2D eigenvalue weighted by atomic mass is 9.96. The number of fused-ring (bicyclic) bond motifs is 1. The average molecular weight is 408 g/mol. The molecule has 0 amide bonds. The van der Waals surface area contributed by atoms with Crippen LogP contribution in [0.3, 0.4) is 0 Å². The van der Waals surface area contributed by atoms with Crippen molar-refractivity contribution in [3.63, 3.8) is 0 Å². The van der Waals surface area contributed by atoms with E-state index in [2.05, 4.69) is 10.1 Å². The zero-order valence-electron chi connectivity index (χ0n) is 16.5. The molecule has 0 unspecified atom stereocenters. The first-order valence-corrected chi connectivity index (χ1v) is 9.88. The molecule has 1 aromatic carbocycles. The van der Waals surface area contributed by atoms with Crippen molar-refractivity contribution in [2.75, 3.05) is 7.11 Å². The summed E-state index contributed by atoms with van der Waals surface area (Å²) in [6, 6.07) is 8.87. The van der Waals surface area contributed by atoms with Crippen LogP contribution in [0.2, 0.25) is 0 Å². The highest BCUT2D eigenvalue weighted by Gasteiger charge is 2.32. The topological polar surface area (TPSA) is 78.5 Å². The van der Waals surface area contributed by atoms with Crippen LogP contribution in [0.15, 0.2) is 57.6 Å². The second-order valence-electron chi connectivity index (χ2n) is 6.83. The minimum absolute atomic E-state index is 0.195. The molecule has 0 spiro atoms. The summed E-state index contributed by atoms with van der Waals surface area (Å²) in [6.45, 7) is 3.67. The van der Waals surface area contributed by atoms with Crippen molar-refractivity contribution in [2.24, 2.45) is 12.0 Å². The number of allylic oxidation sites excluding steroid dienone is 1. The fourth-order valence-corrected chi connectivity index (χ4v) is 4.58. The first kappa shape index (κ1) is 19.1. The Bertz CT molecular complexity index is 1310. The van der Waals surface area contributed by atoms with Crippen molar-refractivity contribution in [1.29, 1.82) is 0 Å². The summed E-state index contributed by atoms with van der Waals surface area (Å²) in [5, 5.41) is 4.33. The normalized spacial score (nSPS) is 16.6. The highest BCUT2D eigenvalue weighted by atomic mass is 32.1. The molecule has 8 heteroatoms. The minimum atomic E-state index is -0.586. The molecule has 4 rings (SSSR count). The average Bonchev–Trinajstić information content (AvgIpc) is 3.19. The number of ether oxygens (including phenoxy) is 1. The Morgan fingerprint density at radius 1 is 1.24 bits per heavy atom. The molecule has 0 radical (unpaired) electrons. The number of carbonyl (C=O) groups excluding carboxylic acids is 1. The van der Waals surface area contributed by atoms with E-state index in [1.54, 1.807) is 16.2 Å². The second-order valence-corrected chi connectivity index (χ2v) is 7.84. The predicted octanol–water partition coefficient (Wildman–Crippen LogP) is 1.45. The molecule has 3 heterocycles. The first-order valence-electron chi connectivity index (χ1n) is 9.06. The summed E-state index contributed by atoms with van der Waals surface area (Å²) >= 11 is 1.30. The van der Waals surface area contributed by atoms with E-state index in [1.165, 1.54) is 18.4 Å². The number of carbonyl (C=O) groups is 1. The van der Waals surface area contributed by atoms with Gasteiger partial charge in [-0.15, -0.1) is 0 Å². The molecule has 148 valence electrons. The second kappa shape index (κ2) is 7.29. The van der Waals surface area contributed by atoms with Crippen LogP contribution in [0.1, 0.15) is 29.8 Å². The number of esters is 1. The van der Waals surface area contributed by atoms with Crippen molar-refractivity contribution < 1.29 is 9.53 Å². The van der Waals surface area contributed by atoms with Gasteiger partial charge in [0, 0.05) is 18.8 Å². The molecule has 1 aliphatic rings. The van der Waals surface area contributed by atoms with Crippen molar-refractivity contribution >= 4 is 23.4 Å². The lowest BCUT2D eigenvalue weighted by Gasteiger charge is -2.24. The maximum atomic E-state index is 13.4. The van der Waals surface area contributed by atoms with Crippen LogP contribution in [0.5, 0.6) is 0 Å². The van der Waals surface area contributed by atoms with E-state index in [0.717, 1.165) is 16.8 Å². The molecule has 0 bridgehead atoms. The molecular formula is C21H20N4O3S. The third-order valence-electron chi connectivity index (χ3n) is 4.88. The Morgan fingerprint density at radius 3 is 2.59 bits per heavy atom. The molecule has 0 saturated carbocycles. The molecule has 29 heavy (non-hydrogen) atoms. The van der Waals surface area contributed by atoms with Crippen molar-refractivity contribution in [1.82, 2.24) is 14.3 Å². The van der Waals surface area contributed by atoms with Gasteiger partial charge in [-0.25, -0.2) is 9.79 Å². The molecule has 1 atom stereocenters. The summed E-state index contributed by atoms with van der Waals surface area (Å²) in [4.78, 5) is 31.0. The number of methoxy groups -OCH3 is 1. The summed E-state index contributed by atoms with van der Waals surface area (Å²) in [5.74, 6) is -0.488. The molecule has 2 aromatic heterocycles. The summed E-state index contributed by atoms with van der Waals surface area (Å²) in [6.07, 6.45) is 3.69. The number of rotatable bonds is 3. The van der Waals surface area contributed by atoms with Gasteiger partial charge in [-0.3, -0.25) is 14.0 Å². The molecule has 3 aromatic rings. The van der Waals surface area contributed by atoms with Gasteiger partial charge in [0.2, 0.25) is 0 Å². The standard InChI is InChI=1S/C21H20N4O3S/c1-12-15(11-24(3)23-12)10-16-19(26)25-18(14-8-6-5-7-9-14)17(20(27)28-4)13(2)22-21(25)29-16/h5-11,18H,1-4H3/b16-10-/t18-/m0/s1. The molecule has 0 saturated heterocycles. The third kappa shape index (κ3) is 3.25. The Balaban J connectivity index is 2.00. The summed E-state index contributed by atoms with van der Waals surface area (Å²) in [5.41, 5.74) is 3.26. The Kier molecular flexibility index (Phi) is 4.79. The summed E-state index contributed by atoms with van der Waals surface area (Å²) < 4.78 is 8.83. The van der Waals surface area contributed by atoms with Gasteiger partial charge in [0.15, 0.2) is 4.80 Å². The minimum Gasteiger partial charge on any atom is -0.466 e. The van der Waals surface area contributed by atoms with Crippen LogP contribution in [-0.2, 0) is 16.6 Å². The highest BCUT2D eigenvalue weighted by molar-refractivity contribution is 7.07. The monoisotopic (exact) mass is 408 g/mol. The van der Waals surface area contributed by atoms with Gasteiger partial charge in [-0.05, 0) is 25.5 Å². The third-order valence-corrected chi connectivity index (χ3v) is 5.86. The molecule has 0 aliphatic carbocycles. The summed E-state index contributed by atoms with van der Waals surface area (Å²) in [7, 11) is 3.17. The fraction of sp³-hybridized carbons (Fsp3) is 0.238. The number of nitrogens with zero attached hydrogens (tertiary/aromatic N) is 4. The SMILES string of the molecule is COC(=O)C1=C(C)N=c2s/c(=C\c3cn(C)nc3C)c(=O)n2[C@H]1c1ccccc1. The van der Waals surface area contributed by atoms with Crippen LogP contribution in [0, 0.1) is 6.92 Å². The van der Waals surface area contributed by atoms with E-state index in [1.807, 2.05) is 56.6 Å². The number of benzene rings is 1. The van der Waals surface area contributed by atoms with Crippen LogP contribution in [0.25, 0.3) is 6.08 Å². The van der Waals surface area contributed by atoms with E-state index in [0.29, 0.717) is 20.6 Å². The van der Waals surface area contributed by atoms with Gasteiger partial charge in [-0.2, -0.15) is 5.10 Å². The Labute approximate surface area is 170 Å². The number of hydrogen-bond acceptors (Lipinski definition) is 6. The van der Waals surface area contributed by atoms with Gasteiger partial charge in [0.25, 0.3) is 5.56 Å². The van der Waals surface area contributed by atoms with E-state index < -0.39 is 12.0 Å². The molecule has 0 N–H and O–H groups in total. The van der Waals surface area contributed by atoms with Crippen LogP contribution >= 0.6 is 11.3 Å². The maximum Gasteiger partial charge on any atom is 0.338 e. The van der Waals surface area contributed by atoms with Gasteiger partial charge in [0.1, 0.15) is 0 Å². The lowest BCUT2D eigenvalue weighted by molar-refractivity contribution is -0.136. The maximum absolute atomic E-state index is 13.4. The van der Waals surface area contributed by atoms with Crippen LogP contribution in [-0.4, -0.2) is 27.4 Å². The van der Waals surface area contributed by atoms with Crippen LogP contribution < -0.4 is 14.9 Å². The Hall–Kier alpha value is -3.26. The van der Waals surface area contributed by atoms with E-state index >= 15 is 0 Å². The van der Waals surface area contributed by atoms with Crippen molar-refractivity contribution in [2.45, 2.75) is 19.9 Å². The smallest absolute Gasteiger partial charge is 0.338 e. The molecule has 0 fully saturated rings. The zero-order chi connectivity index (χ0) is 20.7. The van der Waals surface area contributed by atoms with E-state index in [4.69, 9.17) is 4.74 Å². The Morgan fingerprint density at radius 2 is 1.97 bits per heavy atom.